The summed E-state index contributed by atoms with van der Waals surface area (Å²) in [4.78, 5) is 0. The van der Waals surface area contributed by atoms with Gasteiger partial charge in [0.15, 0.2) is 0 Å². The van der Waals surface area contributed by atoms with E-state index >= 15 is 8.78 Å². The van der Waals surface area contributed by atoms with Gasteiger partial charge in [0.25, 0.3) is 0 Å². The van der Waals surface area contributed by atoms with Crippen LogP contribution in [0.3, 0.4) is 0 Å². The van der Waals surface area contributed by atoms with Crippen LogP contribution < -0.4 is 0 Å². The number of hydrogen-bond acceptors (Lipinski definition) is 0. The maximum atomic E-state index is 15.5. The second-order valence-electron chi connectivity index (χ2n) is 14.1. The van der Waals surface area contributed by atoms with Crippen molar-refractivity contribution in [2.24, 2.45) is 0 Å². The van der Waals surface area contributed by atoms with Crippen LogP contribution in [0.1, 0.15) is 0 Å². The molecule has 1 heterocycles. The fourth-order valence-corrected chi connectivity index (χ4v) is 11.4. The van der Waals surface area contributed by atoms with E-state index in [1.54, 1.807) is 0 Å². The van der Waals surface area contributed by atoms with Crippen molar-refractivity contribution in [3.05, 3.63) is 194 Å². The van der Waals surface area contributed by atoms with E-state index in [-0.39, 0.29) is 20.1 Å². The summed E-state index contributed by atoms with van der Waals surface area (Å²) in [5, 5.41) is 11.1. The summed E-state index contributed by atoms with van der Waals surface area (Å²) < 4.78 is 33.8. The van der Waals surface area contributed by atoms with Crippen LogP contribution >= 0.6 is 0 Å². The van der Waals surface area contributed by atoms with Gasteiger partial charge in [-0.05, 0) is 0 Å². The molecular formula is C52H30F2Se. The Balaban J connectivity index is 1.18. The van der Waals surface area contributed by atoms with Crippen molar-refractivity contribution < 1.29 is 8.78 Å². The van der Waals surface area contributed by atoms with E-state index in [1.165, 1.54) is 81.3 Å². The zero-order valence-corrected chi connectivity index (χ0v) is 31.2. The molecule has 3 heteroatoms. The molecule has 10 aromatic carbocycles. The van der Waals surface area contributed by atoms with Crippen molar-refractivity contribution in [3.63, 3.8) is 0 Å². The summed E-state index contributed by atoms with van der Waals surface area (Å²) in [7, 11) is 0. The molecule has 0 nitrogen and oxygen atoms in total. The Kier molecular flexibility index (Phi) is 7.35. The zero-order chi connectivity index (χ0) is 36.6. The summed E-state index contributed by atoms with van der Waals surface area (Å²) >= 11 is 0.0775. The molecule has 0 N–H and O–H groups in total. The van der Waals surface area contributed by atoms with Crippen molar-refractivity contribution in [2.45, 2.75) is 0 Å². The van der Waals surface area contributed by atoms with Crippen molar-refractivity contribution in [3.8, 4) is 44.5 Å². The van der Waals surface area contributed by atoms with E-state index in [0.717, 1.165) is 32.7 Å². The van der Waals surface area contributed by atoms with Gasteiger partial charge in [0.2, 0.25) is 0 Å². The molecule has 0 aliphatic rings. The van der Waals surface area contributed by atoms with Crippen molar-refractivity contribution in [1.82, 2.24) is 0 Å². The summed E-state index contributed by atoms with van der Waals surface area (Å²) in [6, 6.07) is 62.3. The fourth-order valence-electron chi connectivity index (χ4n) is 8.97. The molecule has 0 aliphatic heterocycles. The SMILES string of the molecule is Fc1cccc(F)c1-c1c2ccccc2c(-c2cccc3[se]c4cc(-c5c6ccccc6c(-c6ccccc6)c6ccccc56)ccc4c23)c2ccccc12. The van der Waals surface area contributed by atoms with Crippen LogP contribution in [0, 0.1) is 11.6 Å². The van der Waals surface area contributed by atoms with Gasteiger partial charge < -0.3 is 0 Å². The van der Waals surface area contributed by atoms with Gasteiger partial charge in [0.1, 0.15) is 0 Å². The predicted molar refractivity (Wildman–Crippen MR) is 230 cm³/mol. The van der Waals surface area contributed by atoms with Crippen molar-refractivity contribution in [2.75, 3.05) is 0 Å². The number of rotatable bonds is 4. The predicted octanol–water partition coefficient (Wildman–Crippen LogP) is 14.6. The van der Waals surface area contributed by atoms with E-state index in [4.69, 9.17) is 0 Å². The van der Waals surface area contributed by atoms with E-state index in [2.05, 4.69) is 127 Å². The average Bonchev–Trinajstić information content (AvgIpc) is 3.61. The Morgan fingerprint density at radius 1 is 0.291 bits per heavy atom. The molecule has 0 spiro atoms. The molecule has 0 atom stereocenters. The Hall–Kier alpha value is -6.38. The monoisotopic (exact) mass is 772 g/mol. The molecule has 0 bridgehead atoms. The van der Waals surface area contributed by atoms with E-state index in [9.17, 15) is 0 Å². The molecule has 11 aromatic rings. The summed E-state index contributed by atoms with van der Waals surface area (Å²) in [6.07, 6.45) is 0. The fraction of sp³-hybridized carbons (Fsp3) is 0. The Morgan fingerprint density at radius 2 is 0.745 bits per heavy atom. The van der Waals surface area contributed by atoms with Crippen LogP contribution in [0.2, 0.25) is 0 Å². The first kappa shape index (κ1) is 32.1. The number of fused-ring (bicyclic) bond motifs is 7. The standard InChI is InChI=1S/C52H30F2Se/c53-43-25-13-26-44(54)52(43)51-39-22-10-8-20-37(39)49(38-21-9-11-23-40(38)51)42-24-12-27-45-50(42)41-29-28-32(30-46(41)55-45)48-35-18-6-4-16-33(35)47(31-14-2-1-3-15-31)34-17-5-7-19-36(34)48/h1-30H. The molecule has 0 radical (unpaired) electrons. The molecule has 0 aliphatic carbocycles. The Bertz CT molecular complexity index is 3210. The first-order chi connectivity index (χ1) is 27.2. The molecule has 11 rings (SSSR count). The van der Waals surface area contributed by atoms with E-state index in [0.29, 0.717) is 5.56 Å². The Labute approximate surface area is 322 Å². The van der Waals surface area contributed by atoms with Crippen LogP contribution in [0.4, 0.5) is 8.78 Å². The minimum atomic E-state index is -0.564. The number of benzene rings is 10. The van der Waals surface area contributed by atoms with Crippen LogP contribution in [0.15, 0.2) is 182 Å². The van der Waals surface area contributed by atoms with Gasteiger partial charge in [-0.25, -0.2) is 0 Å². The van der Waals surface area contributed by atoms with Gasteiger partial charge in [-0.3, -0.25) is 0 Å². The summed E-state index contributed by atoms with van der Waals surface area (Å²) in [6.45, 7) is 0. The molecule has 55 heavy (non-hydrogen) atoms. The molecule has 0 saturated heterocycles. The van der Waals surface area contributed by atoms with Crippen LogP contribution in [0.25, 0.3) is 107 Å². The minimum absolute atomic E-state index is 0.0118. The van der Waals surface area contributed by atoms with Gasteiger partial charge in [-0.15, -0.1) is 0 Å². The number of halogens is 2. The molecule has 0 saturated carbocycles. The van der Waals surface area contributed by atoms with Crippen LogP contribution in [-0.2, 0) is 0 Å². The van der Waals surface area contributed by atoms with Gasteiger partial charge in [0.05, 0.1) is 0 Å². The van der Waals surface area contributed by atoms with Gasteiger partial charge in [-0.1, -0.05) is 0 Å². The molecule has 1 aromatic heterocycles. The summed E-state index contributed by atoms with van der Waals surface area (Å²) in [5.74, 6) is -1.13. The molecule has 258 valence electrons. The van der Waals surface area contributed by atoms with Gasteiger partial charge >= 0.3 is 324 Å². The van der Waals surface area contributed by atoms with Crippen molar-refractivity contribution >= 4 is 76.9 Å². The molecule has 0 amide bonds. The van der Waals surface area contributed by atoms with Crippen LogP contribution in [-0.4, -0.2) is 14.5 Å². The quantitative estimate of drug-likeness (QED) is 0.123. The third-order valence-electron chi connectivity index (χ3n) is 11.2. The first-order valence-corrected chi connectivity index (χ1v) is 20.2. The summed E-state index contributed by atoms with van der Waals surface area (Å²) in [5.41, 5.74) is 7.78. The third kappa shape index (κ3) is 4.87. The van der Waals surface area contributed by atoms with Crippen LogP contribution in [0.5, 0.6) is 0 Å². The van der Waals surface area contributed by atoms with Crippen molar-refractivity contribution in [1.29, 1.82) is 0 Å². The molecule has 0 unspecified atom stereocenters. The second-order valence-corrected chi connectivity index (χ2v) is 16.4. The zero-order valence-electron chi connectivity index (χ0n) is 29.5. The number of hydrogen-bond donors (Lipinski definition) is 0. The van der Waals surface area contributed by atoms with Gasteiger partial charge in [-0.2, -0.15) is 0 Å². The van der Waals surface area contributed by atoms with E-state index in [1.807, 2.05) is 36.4 Å². The second kappa shape index (κ2) is 12.6. The third-order valence-corrected chi connectivity index (χ3v) is 13.5. The maximum absolute atomic E-state index is 15.5. The first-order valence-electron chi connectivity index (χ1n) is 18.5. The molecular weight excluding hydrogens is 742 g/mol. The average molecular weight is 772 g/mol. The topological polar surface area (TPSA) is 0 Å². The van der Waals surface area contributed by atoms with E-state index < -0.39 is 11.6 Å². The normalized spacial score (nSPS) is 11.8. The Morgan fingerprint density at radius 3 is 1.29 bits per heavy atom. The van der Waals surface area contributed by atoms with Gasteiger partial charge in [0, 0.05) is 0 Å². The molecule has 0 fully saturated rings.